The van der Waals surface area contributed by atoms with Crippen LogP contribution in [0.4, 0.5) is 0 Å². The molecule has 0 aliphatic carbocycles. The zero-order valence-corrected chi connectivity index (χ0v) is 9.75. The molecule has 1 unspecified atom stereocenters. The summed E-state index contributed by atoms with van der Waals surface area (Å²) in [6, 6.07) is 7.69. The first-order valence-electron chi connectivity index (χ1n) is 5.00. The molecule has 0 amide bonds. The summed E-state index contributed by atoms with van der Waals surface area (Å²) < 4.78 is 5.22. The first kappa shape index (κ1) is 12.1. The average molecular weight is 227 g/mol. The van der Waals surface area contributed by atoms with Gasteiger partial charge in [0.25, 0.3) is 0 Å². The maximum Gasteiger partial charge on any atom is 0.225 e. The third-order valence-electron chi connectivity index (χ3n) is 2.47. The van der Waals surface area contributed by atoms with Crippen LogP contribution in [0.25, 0.3) is 0 Å². The molecule has 0 bridgehead atoms. The minimum atomic E-state index is -0.275. The van der Waals surface area contributed by atoms with Gasteiger partial charge in [-0.1, -0.05) is 25.1 Å². The fourth-order valence-electron chi connectivity index (χ4n) is 1.52. The van der Waals surface area contributed by atoms with Gasteiger partial charge in [0.05, 0.1) is 7.11 Å². The Morgan fingerprint density at radius 3 is 2.67 bits per heavy atom. The van der Waals surface area contributed by atoms with Crippen LogP contribution in [0, 0.1) is 5.92 Å². The molecule has 2 nitrogen and oxygen atoms in total. The zero-order valence-electron chi connectivity index (χ0n) is 9.00. The summed E-state index contributed by atoms with van der Waals surface area (Å²) >= 11 is 5.51. The predicted octanol–water partition coefficient (Wildman–Crippen LogP) is 3.03. The molecule has 0 N–H and O–H groups in total. The first-order chi connectivity index (χ1) is 7.19. The van der Waals surface area contributed by atoms with Gasteiger partial charge < -0.3 is 4.74 Å². The van der Waals surface area contributed by atoms with Crippen LogP contribution in [0.1, 0.15) is 18.9 Å². The van der Waals surface area contributed by atoms with Crippen molar-refractivity contribution in [2.24, 2.45) is 5.92 Å². The second kappa shape index (κ2) is 5.76. The lowest BCUT2D eigenvalue weighted by atomic mass is 9.97. The largest absolute Gasteiger partial charge is 0.496 e. The maximum atomic E-state index is 11.1. The van der Waals surface area contributed by atoms with Gasteiger partial charge >= 0.3 is 0 Å². The van der Waals surface area contributed by atoms with E-state index in [1.54, 1.807) is 7.11 Å². The highest BCUT2D eigenvalue weighted by atomic mass is 35.5. The van der Waals surface area contributed by atoms with E-state index in [2.05, 4.69) is 0 Å². The Kier molecular flexibility index (Phi) is 4.63. The monoisotopic (exact) mass is 226 g/mol. The molecule has 15 heavy (non-hydrogen) atoms. The van der Waals surface area contributed by atoms with E-state index in [-0.39, 0.29) is 11.2 Å². The quantitative estimate of drug-likeness (QED) is 0.722. The van der Waals surface area contributed by atoms with Gasteiger partial charge in [-0.15, -0.1) is 0 Å². The van der Waals surface area contributed by atoms with Crippen molar-refractivity contribution in [2.75, 3.05) is 7.11 Å². The van der Waals surface area contributed by atoms with Crippen molar-refractivity contribution in [3.63, 3.8) is 0 Å². The second-order valence-electron chi connectivity index (χ2n) is 3.43. The van der Waals surface area contributed by atoms with Crippen molar-refractivity contribution in [3.8, 4) is 5.75 Å². The Morgan fingerprint density at radius 2 is 2.13 bits per heavy atom. The van der Waals surface area contributed by atoms with Crippen molar-refractivity contribution < 1.29 is 9.53 Å². The van der Waals surface area contributed by atoms with Crippen LogP contribution in [0.5, 0.6) is 5.75 Å². The fourth-order valence-corrected chi connectivity index (χ4v) is 1.75. The second-order valence-corrected chi connectivity index (χ2v) is 3.80. The summed E-state index contributed by atoms with van der Waals surface area (Å²) in [6.07, 6.45) is 1.39. The zero-order chi connectivity index (χ0) is 11.3. The highest BCUT2D eigenvalue weighted by Crippen LogP contribution is 2.23. The van der Waals surface area contributed by atoms with E-state index in [9.17, 15) is 4.79 Å². The van der Waals surface area contributed by atoms with Gasteiger partial charge in [-0.3, -0.25) is 4.79 Å². The molecule has 0 radical (unpaired) electrons. The molecule has 0 saturated carbocycles. The molecule has 1 atom stereocenters. The molecule has 0 saturated heterocycles. The molecule has 0 heterocycles. The Hall–Kier alpha value is -1.02. The van der Waals surface area contributed by atoms with Crippen molar-refractivity contribution in [1.29, 1.82) is 0 Å². The molecular weight excluding hydrogens is 212 g/mol. The predicted molar refractivity (Wildman–Crippen MR) is 61.3 cm³/mol. The Balaban J connectivity index is 2.82. The fraction of sp³-hybridized carbons (Fsp3) is 0.417. The molecule has 0 aromatic heterocycles. The summed E-state index contributed by atoms with van der Waals surface area (Å²) in [5, 5.41) is -0.275. The normalized spacial score (nSPS) is 12.2. The molecule has 1 aromatic carbocycles. The topological polar surface area (TPSA) is 26.3 Å². The highest BCUT2D eigenvalue weighted by Gasteiger charge is 2.16. The lowest BCUT2D eigenvalue weighted by molar-refractivity contribution is -0.115. The SMILES string of the molecule is CCC(Cc1ccccc1OC)C(=O)Cl. The molecule has 1 rings (SSSR count). The van der Waals surface area contributed by atoms with E-state index in [4.69, 9.17) is 16.3 Å². The molecule has 0 fully saturated rings. The molecular formula is C12H15ClO2. The van der Waals surface area contributed by atoms with Crippen molar-refractivity contribution >= 4 is 16.8 Å². The van der Waals surface area contributed by atoms with Gasteiger partial charge in [-0.25, -0.2) is 0 Å². The smallest absolute Gasteiger partial charge is 0.225 e. The summed E-state index contributed by atoms with van der Waals surface area (Å²) in [5.41, 5.74) is 1.03. The molecule has 0 spiro atoms. The Labute approximate surface area is 95.2 Å². The third-order valence-corrected chi connectivity index (χ3v) is 2.78. The van der Waals surface area contributed by atoms with Crippen molar-refractivity contribution in [2.45, 2.75) is 19.8 Å². The van der Waals surface area contributed by atoms with E-state index in [0.29, 0.717) is 6.42 Å². The van der Waals surface area contributed by atoms with Gasteiger partial charge in [-0.05, 0) is 36.1 Å². The van der Waals surface area contributed by atoms with E-state index in [0.717, 1.165) is 17.7 Å². The van der Waals surface area contributed by atoms with Crippen molar-refractivity contribution in [1.82, 2.24) is 0 Å². The summed E-state index contributed by atoms with van der Waals surface area (Å²) in [5.74, 6) is 0.692. The lowest BCUT2D eigenvalue weighted by Crippen LogP contribution is -2.11. The highest BCUT2D eigenvalue weighted by molar-refractivity contribution is 6.64. The first-order valence-corrected chi connectivity index (χ1v) is 5.38. The number of halogens is 1. The van der Waals surface area contributed by atoms with Crippen LogP contribution in [0.2, 0.25) is 0 Å². The van der Waals surface area contributed by atoms with E-state index in [1.165, 1.54) is 0 Å². The van der Waals surface area contributed by atoms with Gasteiger partial charge in [-0.2, -0.15) is 0 Å². The van der Waals surface area contributed by atoms with Crippen molar-refractivity contribution in [3.05, 3.63) is 29.8 Å². The molecule has 82 valence electrons. The van der Waals surface area contributed by atoms with Gasteiger partial charge in [0, 0.05) is 5.92 Å². The van der Waals surface area contributed by atoms with Crippen LogP contribution < -0.4 is 4.74 Å². The average Bonchev–Trinajstić information content (AvgIpc) is 2.25. The Morgan fingerprint density at radius 1 is 1.47 bits per heavy atom. The number of para-hydroxylation sites is 1. The van der Waals surface area contributed by atoms with Crippen LogP contribution >= 0.6 is 11.6 Å². The molecule has 1 aromatic rings. The molecule has 3 heteroatoms. The minimum absolute atomic E-state index is 0.122. The standard InChI is InChI=1S/C12H15ClO2/c1-3-9(12(13)14)8-10-6-4-5-7-11(10)15-2/h4-7,9H,3,8H2,1-2H3. The number of hydrogen-bond donors (Lipinski definition) is 0. The third kappa shape index (κ3) is 3.24. The van der Waals surface area contributed by atoms with E-state index < -0.39 is 0 Å². The molecule has 0 aliphatic heterocycles. The number of methoxy groups -OCH3 is 1. The van der Waals surface area contributed by atoms with E-state index in [1.807, 2.05) is 31.2 Å². The Bertz CT molecular complexity index is 336. The minimum Gasteiger partial charge on any atom is -0.496 e. The van der Waals surface area contributed by atoms with Crippen LogP contribution in [0.15, 0.2) is 24.3 Å². The summed E-state index contributed by atoms with van der Waals surface area (Å²) in [4.78, 5) is 11.1. The van der Waals surface area contributed by atoms with Gasteiger partial charge in [0.1, 0.15) is 5.75 Å². The number of rotatable bonds is 5. The lowest BCUT2D eigenvalue weighted by Gasteiger charge is -2.12. The number of hydrogen-bond acceptors (Lipinski definition) is 2. The van der Waals surface area contributed by atoms with Crippen LogP contribution in [-0.4, -0.2) is 12.4 Å². The summed E-state index contributed by atoms with van der Waals surface area (Å²) in [7, 11) is 1.63. The number of carbonyl (C=O) groups excluding carboxylic acids is 1. The molecule has 0 aliphatic rings. The van der Waals surface area contributed by atoms with E-state index >= 15 is 0 Å². The maximum absolute atomic E-state index is 11.1. The van der Waals surface area contributed by atoms with Gasteiger partial charge in [0.15, 0.2) is 0 Å². The van der Waals surface area contributed by atoms with Crippen LogP contribution in [-0.2, 0) is 11.2 Å². The number of carbonyl (C=O) groups is 1. The van der Waals surface area contributed by atoms with Gasteiger partial charge in [0.2, 0.25) is 5.24 Å². The van der Waals surface area contributed by atoms with Crippen LogP contribution in [0.3, 0.4) is 0 Å². The number of ether oxygens (including phenoxy) is 1. The number of benzene rings is 1. The summed E-state index contributed by atoms with van der Waals surface area (Å²) in [6.45, 7) is 1.96.